The van der Waals surface area contributed by atoms with Crippen LogP contribution in [0, 0.1) is 0 Å². The first kappa shape index (κ1) is 24.3. The van der Waals surface area contributed by atoms with Gasteiger partial charge in [-0.15, -0.1) is 11.3 Å². The van der Waals surface area contributed by atoms with Crippen LogP contribution in [-0.2, 0) is 14.9 Å². The van der Waals surface area contributed by atoms with Gasteiger partial charge in [0.1, 0.15) is 22.1 Å². The van der Waals surface area contributed by atoms with E-state index in [9.17, 15) is 9.59 Å². The van der Waals surface area contributed by atoms with Crippen LogP contribution in [0.1, 0.15) is 43.6 Å². The zero-order valence-electron chi connectivity index (χ0n) is 19.6. The number of hydrogen-bond donors (Lipinski definition) is 1. The lowest BCUT2D eigenvalue weighted by Crippen LogP contribution is -2.21. The van der Waals surface area contributed by atoms with Crippen LogP contribution in [-0.4, -0.2) is 32.2 Å². The molecule has 3 aromatic rings. The van der Waals surface area contributed by atoms with Gasteiger partial charge in [0.2, 0.25) is 0 Å². The largest absolute Gasteiger partial charge is 0.497 e. The van der Waals surface area contributed by atoms with Crippen molar-refractivity contribution in [3.63, 3.8) is 0 Å². The van der Waals surface area contributed by atoms with Crippen molar-refractivity contribution in [2.24, 2.45) is 0 Å². The van der Waals surface area contributed by atoms with Gasteiger partial charge in [-0.25, -0.2) is 4.79 Å². The average molecular weight is 468 g/mol. The Morgan fingerprint density at radius 1 is 0.970 bits per heavy atom. The molecule has 6 nitrogen and oxygen atoms in total. The van der Waals surface area contributed by atoms with Crippen LogP contribution in [0.3, 0.4) is 0 Å². The smallest absolute Gasteiger partial charge is 0.341 e. The van der Waals surface area contributed by atoms with Gasteiger partial charge < -0.3 is 19.5 Å². The standard InChI is InChI=1S/C26H29NO5S/c1-6-31-25(29)23-21(17-7-11-19(30-5)12-8-17)16-33-24(23)27-22(28)15-32-20-13-9-18(10-14-20)26(2,3)4/h7-14,16H,6,15H2,1-5H3,(H,27,28). The van der Waals surface area contributed by atoms with E-state index >= 15 is 0 Å². The van der Waals surface area contributed by atoms with Crippen molar-refractivity contribution in [2.75, 3.05) is 25.6 Å². The number of benzene rings is 2. The van der Waals surface area contributed by atoms with Crippen molar-refractivity contribution in [2.45, 2.75) is 33.1 Å². The van der Waals surface area contributed by atoms with Gasteiger partial charge in [0, 0.05) is 10.9 Å². The third-order valence-electron chi connectivity index (χ3n) is 5.01. The topological polar surface area (TPSA) is 73.9 Å². The summed E-state index contributed by atoms with van der Waals surface area (Å²) in [6, 6.07) is 15.0. The highest BCUT2D eigenvalue weighted by Gasteiger charge is 2.23. The van der Waals surface area contributed by atoms with Crippen molar-refractivity contribution in [1.82, 2.24) is 0 Å². The first-order valence-corrected chi connectivity index (χ1v) is 11.6. The number of carbonyl (C=O) groups is 2. The van der Waals surface area contributed by atoms with E-state index in [0.717, 1.165) is 5.56 Å². The molecule has 7 heteroatoms. The molecule has 1 N–H and O–H groups in total. The first-order valence-electron chi connectivity index (χ1n) is 10.7. The highest BCUT2D eigenvalue weighted by atomic mass is 32.1. The molecule has 0 aliphatic rings. The lowest BCUT2D eigenvalue weighted by molar-refractivity contribution is -0.118. The molecule has 0 aliphatic heterocycles. The minimum atomic E-state index is -0.487. The molecule has 33 heavy (non-hydrogen) atoms. The number of amides is 1. The molecular weight excluding hydrogens is 438 g/mol. The molecule has 1 aromatic heterocycles. The summed E-state index contributed by atoms with van der Waals surface area (Å²) in [4.78, 5) is 25.3. The van der Waals surface area contributed by atoms with Gasteiger partial charge in [-0.3, -0.25) is 4.79 Å². The van der Waals surface area contributed by atoms with Crippen molar-refractivity contribution in [3.05, 3.63) is 65.0 Å². The van der Waals surface area contributed by atoms with Crippen LogP contribution in [0.5, 0.6) is 11.5 Å². The number of rotatable bonds is 8. The summed E-state index contributed by atoms with van der Waals surface area (Å²) in [6.07, 6.45) is 0. The Balaban J connectivity index is 1.74. The van der Waals surface area contributed by atoms with Crippen LogP contribution in [0.25, 0.3) is 11.1 Å². The number of thiophene rings is 1. The van der Waals surface area contributed by atoms with Crippen LogP contribution < -0.4 is 14.8 Å². The third kappa shape index (κ3) is 6.14. The minimum Gasteiger partial charge on any atom is -0.497 e. The van der Waals surface area contributed by atoms with Gasteiger partial charge in [0.05, 0.1) is 13.7 Å². The molecule has 0 unspecified atom stereocenters. The first-order chi connectivity index (χ1) is 15.7. The molecule has 0 aliphatic carbocycles. The van der Waals surface area contributed by atoms with Crippen LogP contribution in [0.4, 0.5) is 5.00 Å². The summed E-state index contributed by atoms with van der Waals surface area (Å²) in [5.74, 6) is 0.476. The Morgan fingerprint density at radius 3 is 2.18 bits per heavy atom. The van der Waals surface area contributed by atoms with Crippen LogP contribution in [0.2, 0.25) is 0 Å². The zero-order chi connectivity index (χ0) is 24.0. The Labute approximate surface area is 198 Å². The maximum absolute atomic E-state index is 12.7. The number of carbonyl (C=O) groups excluding carboxylic acids is 2. The van der Waals surface area contributed by atoms with Gasteiger partial charge >= 0.3 is 5.97 Å². The van der Waals surface area contributed by atoms with Gasteiger partial charge in [-0.05, 0) is 47.7 Å². The zero-order valence-corrected chi connectivity index (χ0v) is 20.4. The highest BCUT2D eigenvalue weighted by molar-refractivity contribution is 7.15. The molecule has 0 radical (unpaired) electrons. The predicted octanol–water partition coefficient (Wildman–Crippen LogP) is 5.92. The summed E-state index contributed by atoms with van der Waals surface area (Å²) in [6.45, 7) is 8.22. The second-order valence-electron chi connectivity index (χ2n) is 8.41. The molecule has 0 saturated carbocycles. The highest BCUT2D eigenvalue weighted by Crippen LogP contribution is 2.37. The molecule has 0 bridgehead atoms. The fraction of sp³-hybridized carbons (Fsp3) is 0.308. The third-order valence-corrected chi connectivity index (χ3v) is 5.91. The minimum absolute atomic E-state index is 0.0418. The van der Waals surface area contributed by atoms with E-state index in [0.29, 0.717) is 27.6 Å². The van der Waals surface area contributed by atoms with Crippen molar-refractivity contribution >= 4 is 28.2 Å². The van der Waals surface area contributed by atoms with E-state index < -0.39 is 5.97 Å². The normalized spacial score (nSPS) is 11.1. The number of anilines is 1. The number of hydrogen-bond acceptors (Lipinski definition) is 6. The van der Waals surface area contributed by atoms with E-state index in [1.54, 1.807) is 14.0 Å². The van der Waals surface area contributed by atoms with Gasteiger partial charge in [-0.2, -0.15) is 0 Å². The van der Waals surface area contributed by atoms with Gasteiger partial charge in [0.15, 0.2) is 6.61 Å². The van der Waals surface area contributed by atoms with Crippen molar-refractivity contribution < 1.29 is 23.8 Å². The number of nitrogens with one attached hydrogen (secondary N) is 1. The number of methoxy groups -OCH3 is 1. The quantitative estimate of drug-likeness (QED) is 0.417. The molecule has 0 spiro atoms. The second-order valence-corrected chi connectivity index (χ2v) is 9.29. The summed E-state index contributed by atoms with van der Waals surface area (Å²) >= 11 is 1.27. The maximum Gasteiger partial charge on any atom is 0.341 e. The predicted molar refractivity (Wildman–Crippen MR) is 132 cm³/mol. The number of ether oxygens (including phenoxy) is 3. The lowest BCUT2D eigenvalue weighted by Gasteiger charge is -2.19. The summed E-state index contributed by atoms with van der Waals surface area (Å²) in [5.41, 5.74) is 3.07. The Hall–Kier alpha value is -3.32. The average Bonchev–Trinajstić information content (AvgIpc) is 3.21. The molecule has 2 aromatic carbocycles. The Bertz CT molecular complexity index is 1100. The second kappa shape index (κ2) is 10.5. The fourth-order valence-electron chi connectivity index (χ4n) is 3.20. The van der Waals surface area contributed by atoms with Crippen LogP contribution >= 0.6 is 11.3 Å². The molecule has 0 saturated heterocycles. The van der Waals surface area contributed by atoms with E-state index in [-0.39, 0.29) is 24.5 Å². The molecule has 3 rings (SSSR count). The maximum atomic E-state index is 12.7. The summed E-state index contributed by atoms with van der Waals surface area (Å²) < 4.78 is 16.1. The van der Waals surface area contributed by atoms with E-state index in [1.165, 1.54) is 16.9 Å². The van der Waals surface area contributed by atoms with E-state index in [4.69, 9.17) is 14.2 Å². The SMILES string of the molecule is CCOC(=O)c1c(-c2ccc(OC)cc2)csc1NC(=O)COc1ccc(C(C)(C)C)cc1. The monoisotopic (exact) mass is 467 g/mol. The number of esters is 1. The summed E-state index contributed by atoms with van der Waals surface area (Å²) in [7, 11) is 1.60. The Kier molecular flexibility index (Phi) is 7.76. The molecular formula is C26H29NO5S. The van der Waals surface area contributed by atoms with E-state index in [2.05, 4.69) is 26.1 Å². The van der Waals surface area contributed by atoms with Crippen molar-refractivity contribution in [1.29, 1.82) is 0 Å². The molecule has 174 valence electrons. The van der Waals surface area contributed by atoms with E-state index in [1.807, 2.05) is 53.9 Å². The van der Waals surface area contributed by atoms with Gasteiger partial charge in [-0.1, -0.05) is 45.0 Å². The molecule has 0 fully saturated rings. The Morgan fingerprint density at radius 2 is 1.61 bits per heavy atom. The van der Waals surface area contributed by atoms with Crippen molar-refractivity contribution in [3.8, 4) is 22.6 Å². The summed E-state index contributed by atoms with van der Waals surface area (Å²) in [5, 5.41) is 5.05. The molecule has 0 atom stereocenters. The lowest BCUT2D eigenvalue weighted by atomic mass is 9.87. The fourth-order valence-corrected chi connectivity index (χ4v) is 4.18. The van der Waals surface area contributed by atoms with Crippen LogP contribution in [0.15, 0.2) is 53.9 Å². The van der Waals surface area contributed by atoms with Gasteiger partial charge in [0.25, 0.3) is 5.91 Å². The molecule has 1 heterocycles. The molecule has 1 amide bonds.